The van der Waals surface area contributed by atoms with Crippen LogP contribution in [0.5, 0.6) is 0 Å². The van der Waals surface area contributed by atoms with Crippen molar-refractivity contribution in [3.63, 3.8) is 0 Å². The number of carbonyl (C=O) groups excluding carboxylic acids is 1. The Labute approximate surface area is 149 Å². The van der Waals surface area contributed by atoms with Crippen LogP contribution in [0, 0.1) is 5.92 Å². The van der Waals surface area contributed by atoms with Crippen LogP contribution in [0.25, 0.3) is 15.9 Å². The molecule has 130 valence electrons. The molecule has 0 aromatic carbocycles. The summed E-state index contributed by atoms with van der Waals surface area (Å²) in [5.41, 5.74) is 2.17. The zero-order valence-corrected chi connectivity index (χ0v) is 15.2. The van der Waals surface area contributed by atoms with Crippen LogP contribution in [-0.4, -0.2) is 43.5 Å². The predicted molar refractivity (Wildman–Crippen MR) is 97.1 cm³/mol. The molecule has 1 saturated heterocycles. The van der Waals surface area contributed by atoms with E-state index in [1.807, 2.05) is 4.90 Å². The van der Waals surface area contributed by atoms with Crippen molar-refractivity contribution in [3.8, 4) is 0 Å². The van der Waals surface area contributed by atoms with Gasteiger partial charge in [-0.25, -0.2) is 14.5 Å². The fourth-order valence-electron chi connectivity index (χ4n) is 4.16. The number of thiophene rings is 1. The fraction of sp³-hybridized carbons (Fsp3) is 0.556. The van der Waals surface area contributed by atoms with Gasteiger partial charge in [-0.3, -0.25) is 4.79 Å². The second kappa shape index (κ2) is 5.76. The Morgan fingerprint density at radius 3 is 3.04 bits per heavy atom. The molecular formula is C18H21N5OS. The van der Waals surface area contributed by atoms with Gasteiger partial charge in [0.2, 0.25) is 5.82 Å². The van der Waals surface area contributed by atoms with Crippen molar-refractivity contribution in [2.45, 2.75) is 45.4 Å². The third-order valence-electron chi connectivity index (χ3n) is 5.43. The highest BCUT2D eigenvalue weighted by Crippen LogP contribution is 2.36. The van der Waals surface area contributed by atoms with Gasteiger partial charge in [0, 0.05) is 18.0 Å². The molecule has 1 amide bonds. The molecule has 3 aromatic heterocycles. The maximum Gasteiger partial charge on any atom is 0.293 e. The van der Waals surface area contributed by atoms with Crippen LogP contribution in [0.2, 0.25) is 0 Å². The number of fused-ring (bicyclic) bond motifs is 5. The Bertz CT molecular complexity index is 975. The first-order valence-electron chi connectivity index (χ1n) is 9.15. The molecule has 1 aliphatic heterocycles. The minimum atomic E-state index is -0.0486. The molecule has 1 aliphatic carbocycles. The molecule has 0 radical (unpaired) electrons. The normalized spacial score (nSPS) is 21.0. The summed E-state index contributed by atoms with van der Waals surface area (Å²) in [5, 5.41) is 5.56. The van der Waals surface area contributed by atoms with Gasteiger partial charge in [-0.05, 0) is 50.0 Å². The predicted octanol–water partition coefficient (Wildman–Crippen LogP) is 3.09. The maximum absolute atomic E-state index is 12.8. The zero-order valence-electron chi connectivity index (χ0n) is 14.4. The fourth-order valence-corrected chi connectivity index (χ4v) is 5.38. The van der Waals surface area contributed by atoms with Gasteiger partial charge in [-0.2, -0.15) is 0 Å². The van der Waals surface area contributed by atoms with Gasteiger partial charge >= 0.3 is 0 Å². The second-order valence-electron chi connectivity index (χ2n) is 7.34. The van der Waals surface area contributed by atoms with E-state index in [4.69, 9.17) is 0 Å². The van der Waals surface area contributed by atoms with Crippen molar-refractivity contribution in [3.05, 3.63) is 22.6 Å². The van der Waals surface area contributed by atoms with Gasteiger partial charge in [0.15, 0.2) is 5.65 Å². The Morgan fingerprint density at radius 1 is 1.28 bits per heavy atom. The lowest BCUT2D eigenvalue weighted by Gasteiger charge is -2.29. The number of aryl methyl sites for hydroxylation is 2. The van der Waals surface area contributed by atoms with E-state index in [0.29, 0.717) is 11.7 Å². The minimum Gasteiger partial charge on any atom is -0.336 e. The van der Waals surface area contributed by atoms with Crippen molar-refractivity contribution >= 4 is 33.1 Å². The number of nitrogens with zero attached hydrogens (tertiary/aromatic N) is 5. The summed E-state index contributed by atoms with van der Waals surface area (Å²) in [6.07, 6.45) is 8.62. The minimum absolute atomic E-state index is 0.0486. The summed E-state index contributed by atoms with van der Waals surface area (Å²) in [7, 11) is 0. The van der Waals surface area contributed by atoms with E-state index < -0.39 is 0 Å². The number of hydrogen-bond acceptors (Lipinski definition) is 5. The molecule has 0 N–H and O–H groups in total. The first-order chi connectivity index (χ1) is 12.2. The number of hydrogen-bond donors (Lipinski definition) is 0. The average Bonchev–Trinajstić information content (AvgIpc) is 3.21. The van der Waals surface area contributed by atoms with E-state index in [-0.39, 0.29) is 5.91 Å². The Morgan fingerprint density at radius 2 is 2.16 bits per heavy atom. The molecule has 6 nitrogen and oxygen atoms in total. The highest BCUT2D eigenvalue weighted by Gasteiger charge is 2.27. The van der Waals surface area contributed by atoms with E-state index in [9.17, 15) is 4.79 Å². The number of aromatic nitrogens is 4. The van der Waals surface area contributed by atoms with Crippen LogP contribution in [0.1, 0.15) is 53.7 Å². The first-order valence-corrected chi connectivity index (χ1v) is 9.97. The van der Waals surface area contributed by atoms with Crippen LogP contribution in [0.15, 0.2) is 6.33 Å². The average molecular weight is 355 g/mol. The summed E-state index contributed by atoms with van der Waals surface area (Å²) in [5.74, 6) is 0.804. The smallest absolute Gasteiger partial charge is 0.293 e. The third kappa shape index (κ3) is 2.44. The summed E-state index contributed by atoms with van der Waals surface area (Å²) in [4.78, 5) is 26.4. The second-order valence-corrected chi connectivity index (χ2v) is 8.42. The van der Waals surface area contributed by atoms with Crippen molar-refractivity contribution < 1.29 is 4.79 Å². The van der Waals surface area contributed by atoms with Gasteiger partial charge in [0.25, 0.3) is 5.91 Å². The van der Waals surface area contributed by atoms with Crippen LogP contribution in [0.4, 0.5) is 0 Å². The molecule has 5 rings (SSSR count). The summed E-state index contributed by atoms with van der Waals surface area (Å²) in [6.45, 7) is 3.80. The molecule has 0 spiro atoms. The quantitative estimate of drug-likeness (QED) is 0.673. The van der Waals surface area contributed by atoms with Crippen molar-refractivity contribution in [1.82, 2.24) is 24.5 Å². The highest BCUT2D eigenvalue weighted by atomic mass is 32.1. The van der Waals surface area contributed by atoms with E-state index in [0.717, 1.165) is 48.2 Å². The zero-order chi connectivity index (χ0) is 17.0. The SMILES string of the molecule is C[C@H]1CCCN(C(=O)c2nc3c4c5c(sc4ncn3n2)CCCC5)C1. The maximum atomic E-state index is 12.8. The lowest BCUT2D eigenvalue weighted by atomic mass is 9.97. The summed E-state index contributed by atoms with van der Waals surface area (Å²) in [6, 6.07) is 0. The molecule has 0 bridgehead atoms. The van der Waals surface area contributed by atoms with E-state index in [2.05, 4.69) is 22.0 Å². The number of likely N-dealkylation sites (tertiary alicyclic amines) is 1. The molecule has 4 heterocycles. The monoisotopic (exact) mass is 355 g/mol. The molecule has 0 saturated carbocycles. The van der Waals surface area contributed by atoms with Crippen LogP contribution < -0.4 is 0 Å². The molecule has 1 fully saturated rings. The van der Waals surface area contributed by atoms with Gasteiger partial charge in [-0.1, -0.05) is 6.92 Å². The van der Waals surface area contributed by atoms with Crippen LogP contribution in [0.3, 0.4) is 0 Å². The van der Waals surface area contributed by atoms with Gasteiger partial charge in [-0.15, -0.1) is 16.4 Å². The van der Waals surface area contributed by atoms with Gasteiger partial charge in [0.05, 0.1) is 5.39 Å². The van der Waals surface area contributed by atoms with Crippen molar-refractivity contribution in [2.24, 2.45) is 5.92 Å². The number of piperidine rings is 1. The lowest BCUT2D eigenvalue weighted by Crippen LogP contribution is -2.39. The molecule has 3 aromatic rings. The topological polar surface area (TPSA) is 63.4 Å². The van der Waals surface area contributed by atoms with Crippen LogP contribution >= 0.6 is 11.3 Å². The molecular weight excluding hydrogens is 334 g/mol. The molecule has 7 heteroatoms. The molecule has 0 unspecified atom stereocenters. The third-order valence-corrected chi connectivity index (χ3v) is 6.63. The van der Waals surface area contributed by atoms with E-state index in [1.54, 1.807) is 22.2 Å². The summed E-state index contributed by atoms with van der Waals surface area (Å²) >= 11 is 1.77. The van der Waals surface area contributed by atoms with Gasteiger partial charge in [0.1, 0.15) is 11.2 Å². The lowest BCUT2D eigenvalue weighted by molar-refractivity contribution is 0.0671. The molecule has 2 aliphatic rings. The molecule has 25 heavy (non-hydrogen) atoms. The van der Waals surface area contributed by atoms with Crippen molar-refractivity contribution in [1.29, 1.82) is 0 Å². The number of rotatable bonds is 1. The summed E-state index contributed by atoms with van der Waals surface area (Å²) < 4.78 is 1.69. The number of amides is 1. The standard InChI is InChI=1S/C18H21N5OS/c1-11-5-4-8-22(9-11)18(24)15-20-16-14-12-6-2-3-7-13(12)25-17(14)19-10-23(16)21-15/h10-11H,2-9H2,1H3/t11-/m0/s1. The number of carbonyl (C=O) groups is 1. The van der Waals surface area contributed by atoms with Gasteiger partial charge < -0.3 is 4.90 Å². The van der Waals surface area contributed by atoms with Crippen LogP contribution in [-0.2, 0) is 12.8 Å². The Balaban J connectivity index is 1.60. The Hall–Kier alpha value is -2.02. The molecule has 1 atom stereocenters. The first kappa shape index (κ1) is 15.3. The van der Waals surface area contributed by atoms with Crippen molar-refractivity contribution in [2.75, 3.05) is 13.1 Å². The largest absolute Gasteiger partial charge is 0.336 e. The highest BCUT2D eigenvalue weighted by molar-refractivity contribution is 7.19. The Kier molecular flexibility index (Phi) is 3.51. The van der Waals surface area contributed by atoms with E-state index >= 15 is 0 Å². The van der Waals surface area contributed by atoms with E-state index in [1.165, 1.54) is 29.7 Å².